The summed E-state index contributed by atoms with van der Waals surface area (Å²) >= 11 is 6.84. The van der Waals surface area contributed by atoms with Crippen LogP contribution in [0.25, 0.3) is 0 Å². The lowest BCUT2D eigenvalue weighted by atomic mass is 10.5. The smallest absolute Gasteiger partial charge is 0.144 e. The fourth-order valence-electron chi connectivity index (χ4n) is 0.407. The Balaban J connectivity index is 3.08. The zero-order valence-corrected chi connectivity index (χ0v) is 5.96. The number of hydrogen-bond donors (Lipinski definition) is 2. The molecule has 0 aliphatic rings. The van der Waals surface area contributed by atoms with Crippen LogP contribution in [-0.2, 0) is 0 Å². The van der Waals surface area contributed by atoms with Crippen LogP contribution in [0.3, 0.4) is 0 Å². The monoisotopic (exact) mass is 161 g/mol. The van der Waals surface area contributed by atoms with Gasteiger partial charge in [0.15, 0.2) is 0 Å². The lowest BCUT2D eigenvalue weighted by molar-refractivity contribution is 1.32. The van der Waals surface area contributed by atoms with E-state index in [4.69, 9.17) is 22.7 Å². The third-order valence-corrected chi connectivity index (χ3v) is 1.84. The Bertz CT molecular complexity index is 231. The van der Waals surface area contributed by atoms with Crippen LogP contribution in [0.5, 0.6) is 0 Å². The van der Waals surface area contributed by atoms with E-state index in [1.807, 2.05) is 0 Å². The number of nitrogen functional groups attached to an aromatic ring is 1. The summed E-state index contributed by atoms with van der Waals surface area (Å²) in [5, 5.41) is 6.93. The maximum atomic E-state index is 6.93. The van der Waals surface area contributed by atoms with Gasteiger partial charge < -0.3 is 5.73 Å². The zero-order valence-electron chi connectivity index (χ0n) is 4.39. The largest absolute Gasteiger partial charge is 0.382 e. The number of amidine groups is 1. The van der Waals surface area contributed by atoms with Crippen molar-refractivity contribution in [2.24, 2.45) is 5.73 Å². The average Bonchev–Trinajstić information content (AvgIpc) is 2.13. The molecule has 1 aromatic heterocycles. The van der Waals surface area contributed by atoms with E-state index in [1.54, 1.807) is 5.51 Å². The fraction of sp³-hybridized carbons (Fsp3) is 0. The predicted octanol–water partition coefficient (Wildman–Crippen LogP) is 1.08. The lowest BCUT2D eigenvalue weighted by Gasteiger charge is -1.87. The molecule has 5 heteroatoms. The Morgan fingerprint density at radius 2 is 2.56 bits per heavy atom. The van der Waals surface area contributed by atoms with Crippen molar-refractivity contribution < 1.29 is 0 Å². The van der Waals surface area contributed by atoms with E-state index in [2.05, 4.69) is 4.98 Å². The Kier molecular flexibility index (Phi) is 1.68. The van der Waals surface area contributed by atoms with Crippen molar-refractivity contribution in [3.63, 3.8) is 0 Å². The van der Waals surface area contributed by atoms with Gasteiger partial charge in [-0.15, -0.1) is 11.3 Å². The van der Waals surface area contributed by atoms with Crippen molar-refractivity contribution in [1.82, 2.24) is 4.98 Å². The second kappa shape index (κ2) is 2.33. The van der Waals surface area contributed by atoms with E-state index in [0.29, 0.717) is 10.0 Å². The Hall–Kier alpha value is -0.610. The highest BCUT2D eigenvalue weighted by molar-refractivity contribution is 7.14. The molecule has 1 heterocycles. The minimum Gasteiger partial charge on any atom is -0.382 e. The summed E-state index contributed by atoms with van der Waals surface area (Å²) in [5.74, 6) is -0.0822. The van der Waals surface area contributed by atoms with Gasteiger partial charge in [0.05, 0.1) is 5.51 Å². The van der Waals surface area contributed by atoms with Crippen molar-refractivity contribution >= 4 is 28.8 Å². The number of nitrogens with two attached hydrogens (primary N) is 1. The van der Waals surface area contributed by atoms with Crippen LogP contribution < -0.4 is 5.73 Å². The maximum Gasteiger partial charge on any atom is 0.144 e. The van der Waals surface area contributed by atoms with Crippen LogP contribution in [-0.4, -0.2) is 10.8 Å². The topological polar surface area (TPSA) is 62.8 Å². The van der Waals surface area contributed by atoms with Gasteiger partial charge in [0.1, 0.15) is 15.9 Å². The van der Waals surface area contributed by atoms with Gasteiger partial charge in [-0.1, -0.05) is 11.6 Å². The van der Waals surface area contributed by atoms with Gasteiger partial charge in [-0.05, 0) is 0 Å². The van der Waals surface area contributed by atoms with E-state index in [-0.39, 0.29) is 5.84 Å². The molecule has 0 radical (unpaired) electrons. The van der Waals surface area contributed by atoms with E-state index < -0.39 is 0 Å². The molecular formula is C4H4ClN3S. The first-order valence-electron chi connectivity index (χ1n) is 2.15. The van der Waals surface area contributed by atoms with E-state index in [1.165, 1.54) is 11.3 Å². The second-order valence-corrected chi connectivity index (χ2v) is 2.85. The number of thiazole rings is 1. The highest BCUT2D eigenvalue weighted by Gasteiger charge is 2.04. The molecule has 3 nitrogen and oxygen atoms in total. The SMILES string of the molecule is N=C(N)c1ncsc1Cl. The number of nitrogens with zero attached hydrogens (tertiary/aromatic N) is 1. The number of aromatic nitrogens is 1. The third-order valence-electron chi connectivity index (χ3n) is 0.779. The lowest BCUT2D eigenvalue weighted by Crippen LogP contribution is -2.11. The van der Waals surface area contributed by atoms with Gasteiger partial charge in [-0.25, -0.2) is 4.98 Å². The highest BCUT2D eigenvalue weighted by atomic mass is 35.5. The molecule has 0 spiro atoms. The second-order valence-electron chi connectivity index (χ2n) is 1.39. The van der Waals surface area contributed by atoms with Gasteiger partial charge in [0.2, 0.25) is 0 Å². The molecule has 0 aliphatic carbocycles. The van der Waals surface area contributed by atoms with Crippen LogP contribution in [0.15, 0.2) is 5.51 Å². The van der Waals surface area contributed by atoms with Crippen LogP contribution >= 0.6 is 22.9 Å². The molecule has 0 aliphatic heterocycles. The average molecular weight is 162 g/mol. The van der Waals surface area contributed by atoms with Crippen LogP contribution in [0, 0.1) is 5.41 Å². The van der Waals surface area contributed by atoms with Gasteiger partial charge in [-0.2, -0.15) is 0 Å². The molecule has 1 rings (SSSR count). The predicted molar refractivity (Wildman–Crippen MR) is 38.1 cm³/mol. The summed E-state index contributed by atoms with van der Waals surface area (Å²) in [6.45, 7) is 0. The van der Waals surface area contributed by atoms with Crippen molar-refractivity contribution in [2.75, 3.05) is 0 Å². The summed E-state index contributed by atoms with van der Waals surface area (Å²) in [6.07, 6.45) is 0. The number of rotatable bonds is 1. The molecule has 0 bridgehead atoms. The summed E-state index contributed by atoms with van der Waals surface area (Å²) in [5.41, 5.74) is 7.03. The molecule has 48 valence electrons. The van der Waals surface area contributed by atoms with Crippen LogP contribution in [0.2, 0.25) is 4.34 Å². The molecule has 0 fully saturated rings. The molecule has 0 atom stereocenters. The Morgan fingerprint density at radius 1 is 1.89 bits per heavy atom. The van der Waals surface area contributed by atoms with Crippen molar-refractivity contribution in [2.45, 2.75) is 0 Å². The van der Waals surface area contributed by atoms with Gasteiger partial charge >= 0.3 is 0 Å². The molecule has 1 aromatic rings. The summed E-state index contributed by atoms with van der Waals surface area (Å²) < 4.78 is 0.475. The standard InChI is InChI=1S/C4H4ClN3S/c5-3-2(4(6)7)8-1-9-3/h1H,(H3,6,7). The first-order chi connectivity index (χ1) is 4.22. The van der Waals surface area contributed by atoms with Crippen LogP contribution in [0.1, 0.15) is 5.69 Å². The molecule has 9 heavy (non-hydrogen) atoms. The van der Waals surface area contributed by atoms with Crippen molar-refractivity contribution in [1.29, 1.82) is 5.41 Å². The quantitative estimate of drug-likeness (QED) is 0.478. The Labute approximate surface area is 61.0 Å². The van der Waals surface area contributed by atoms with Crippen molar-refractivity contribution in [3.8, 4) is 0 Å². The van der Waals surface area contributed by atoms with Gasteiger partial charge in [0, 0.05) is 0 Å². The number of nitrogens with one attached hydrogen (secondary N) is 1. The Morgan fingerprint density at radius 3 is 2.78 bits per heavy atom. The van der Waals surface area contributed by atoms with E-state index in [9.17, 15) is 0 Å². The molecule has 0 saturated heterocycles. The molecule has 3 N–H and O–H groups in total. The maximum absolute atomic E-state index is 6.93. The fourth-order valence-corrected chi connectivity index (χ4v) is 1.20. The zero-order chi connectivity index (χ0) is 6.85. The third kappa shape index (κ3) is 1.20. The first-order valence-corrected chi connectivity index (χ1v) is 3.41. The minimum atomic E-state index is -0.0822. The highest BCUT2D eigenvalue weighted by Crippen LogP contribution is 2.18. The van der Waals surface area contributed by atoms with Crippen LogP contribution in [0.4, 0.5) is 0 Å². The van der Waals surface area contributed by atoms with Crippen molar-refractivity contribution in [3.05, 3.63) is 15.5 Å². The van der Waals surface area contributed by atoms with Gasteiger partial charge in [0.25, 0.3) is 0 Å². The number of hydrogen-bond acceptors (Lipinski definition) is 3. The number of halogens is 1. The van der Waals surface area contributed by atoms with Gasteiger partial charge in [-0.3, -0.25) is 5.41 Å². The molecule has 0 aromatic carbocycles. The van der Waals surface area contributed by atoms with E-state index >= 15 is 0 Å². The molecule has 0 saturated carbocycles. The normalized spacial score (nSPS) is 9.44. The summed E-state index contributed by atoms with van der Waals surface area (Å²) in [7, 11) is 0. The first kappa shape index (κ1) is 6.51. The molecular weight excluding hydrogens is 158 g/mol. The molecule has 0 unspecified atom stereocenters. The summed E-state index contributed by atoms with van der Waals surface area (Å²) in [4.78, 5) is 3.75. The summed E-state index contributed by atoms with van der Waals surface area (Å²) in [6, 6.07) is 0. The molecule has 0 amide bonds. The minimum absolute atomic E-state index is 0.0822. The van der Waals surface area contributed by atoms with E-state index in [0.717, 1.165) is 0 Å².